The van der Waals surface area contributed by atoms with Crippen LogP contribution in [0.1, 0.15) is 6.92 Å². The van der Waals surface area contributed by atoms with Crippen molar-refractivity contribution in [3.63, 3.8) is 0 Å². The first-order valence-corrected chi connectivity index (χ1v) is 7.20. The summed E-state index contributed by atoms with van der Waals surface area (Å²) in [5.41, 5.74) is 1.25. The molecule has 0 aliphatic rings. The normalized spacial score (nSPS) is 10.8. The predicted octanol–water partition coefficient (Wildman–Crippen LogP) is 2.77. The quantitative estimate of drug-likeness (QED) is 0.544. The highest BCUT2D eigenvalue weighted by atomic mass is 19.1. The molecule has 0 bridgehead atoms. The second-order valence-corrected chi connectivity index (χ2v) is 5.06. The summed E-state index contributed by atoms with van der Waals surface area (Å²) in [4.78, 5) is 22.5. The molecular weight excluding hydrogens is 315 g/mol. The van der Waals surface area contributed by atoms with Gasteiger partial charge in [-0.25, -0.2) is 9.07 Å². The molecule has 24 heavy (non-hydrogen) atoms. The van der Waals surface area contributed by atoms with Gasteiger partial charge in [-0.3, -0.25) is 14.9 Å². The molecule has 122 valence electrons. The first-order chi connectivity index (χ1) is 11.5. The molecular formula is C16H13FN4O3. The maximum absolute atomic E-state index is 13.2. The highest BCUT2D eigenvalue weighted by molar-refractivity contribution is 5.69. The molecule has 2 heterocycles. The molecule has 0 radical (unpaired) electrons. The number of halogens is 1. The molecule has 0 saturated carbocycles. The van der Waals surface area contributed by atoms with Gasteiger partial charge in [0.1, 0.15) is 18.2 Å². The zero-order valence-corrected chi connectivity index (χ0v) is 12.7. The summed E-state index contributed by atoms with van der Waals surface area (Å²) in [5, 5.41) is 14.9. The monoisotopic (exact) mass is 328 g/mol. The van der Waals surface area contributed by atoms with Crippen molar-refractivity contribution in [1.82, 2.24) is 14.3 Å². The first kappa shape index (κ1) is 15.6. The predicted molar refractivity (Wildman–Crippen MR) is 85.5 cm³/mol. The Labute approximate surface area is 135 Å². The van der Waals surface area contributed by atoms with E-state index in [-0.39, 0.29) is 11.2 Å². The Balaban J connectivity index is 2.27. The average molecular weight is 328 g/mol. The molecule has 0 aliphatic carbocycles. The summed E-state index contributed by atoms with van der Waals surface area (Å²) in [6.07, 6.45) is 2.41. The van der Waals surface area contributed by atoms with E-state index < -0.39 is 10.7 Å². The lowest BCUT2D eigenvalue weighted by atomic mass is 10.1. The van der Waals surface area contributed by atoms with Gasteiger partial charge in [0.25, 0.3) is 5.56 Å². The number of pyridine rings is 1. The molecule has 0 saturated heterocycles. The molecule has 0 spiro atoms. The lowest BCUT2D eigenvalue weighted by Crippen LogP contribution is -2.21. The minimum atomic E-state index is -0.545. The molecule has 0 unspecified atom stereocenters. The van der Waals surface area contributed by atoms with Gasteiger partial charge in [-0.1, -0.05) is 0 Å². The van der Waals surface area contributed by atoms with Crippen molar-refractivity contribution in [2.45, 2.75) is 13.5 Å². The molecule has 0 atom stereocenters. The van der Waals surface area contributed by atoms with Crippen LogP contribution < -0.4 is 5.56 Å². The van der Waals surface area contributed by atoms with E-state index in [0.29, 0.717) is 23.5 Å². The Morgan fingerprint density at radius 1 is 1.21 bits per heavy atom. The van der Waals surface area contributed by atoms with Crippen molar-refractivity contribution in [2.24, 2.45) is 0 Å². The number of nitro groups is 1. The number of aromatic nitrogens is 3. The van der Waals surface area contributed by atoms with Crippen molar-refractivity contribution >= 4 is 5.69 Å². The Morgan fingerprint density at radius 2 is 1.92 bits per heavy atom. The number of benzene rings is 1. The summed E-state index contributed by atoms with van der Waals surface area (Å²) in [6.45, 7) is 2.20. The molecule has 3 aromatic rings. The largest absolute Gasteiger partial charge is 0.307 e. The van der Waals surface area contributed by atoms with E-state index in [1.165, 1.54) is 33.6 Å². The molecule has 8 heteroatoms. The SMILES string of the molecule is CCn1c(-c2ccc(F)cc2)c(-n2cc([N+](=O)[O-])cn2)ccc1=O. The van der Waals surface area contributed by atoms with Crippen LogP contribution in [0.4, 0.5) is 10.1 Å². The Bertz CT molecular complexity index is 960. The van der Waals surface area contributed by atoms with E-state index in [1.807, 2.05) is 6.92 Å². The lowest BCUT2D eigenvalue weighted by Gasteiger charge is -2.15. The highest BCUT2D eigenvalue weighted by Crippen LogP contribution is 2.26. The maximum atomic E-state index is 13.2. The third-order valence-corrected chi connectivity index (χ3v) is 3.62. The van der Waals surface area contributed by atoms with Crippen molar-refractivity contribution < 1.29 is 9.31 Å². The van der Waals surface area contributed by atoms with Gasteiger partial charge in [0, 0.05) is 18.2 Å². The van der Waals surface area contributed by atoms with E-state index in [0.717, 1.165) is 6.20 Å². The van der Waals surface area contributed by atoms with Gasteiger partial charge in [-0.05, 0) is 37.3 Å². The second-order valence-electron chi connectivity index (χ2n) is 5.06. The number of rotatable bonds is 4. The van der Waals surface area contributed by atoms with Crippen molar-refractivity contribution in [2.75, 3.05) is 0 Å². The Morgan fingerprint density at radius 3 is 2.50 bits per heavy atom. The molecule has 1 aromatic carbocycles. The summed E-state index contributed by atoms with van der Waals surface area (Å²) in [5.74, 6) is -0.392. The topological polar surface area (TPSA) is 83.0 Å². The summed E-state index contributed by atoms with van der Waals surface area (Å²) in [7, 11) is 0. The average Bonchev–Trinajstić information content (AvgIpc) is 3.05. The van der Waals surface area contributed by atoms with E-state index in [2.05, 4.69) is 5.10 Å². The molecule has 2 aromatic heterocycles. The second kappa shape index (κ2) is 6.07. The number of hydrogen-bond acceptors (Lipinski definition) is 4. The van der Waals surface area contributed by atoms with Gasteiger partial charge in [0.05, 0.1) is 16.3 Å². The fourth-order valence-corrected chi connectivity index (χ4v) is 2.52. The van der Waals surface area contributed by atoms with Gasteiger partial charge in [0.15, 0.2) is 0 Å². The Kier molecular flexibility index (Phi) is 3.95. The third kappa shape index (κ3) is 2.69. The first-order valence-electron chi connectivity index (χ1n) is 7.20. The Hall–Kier alpha value is -3.29. The van der Waals surface area contributed by atoms with E-state index in [1.54, 1.807) is 18.2 Å². The van der Waals surface area contributed by atoms with Gasteiger partial charge >= 0.3 is 5.69 Å². The summed E-state index contributed by atoms with van der Waals surface area (Å²) in [6, 6.07) is 8.61. The van der Waals surface area contributed by atoms with Crippen molar-refractivity contribution in [3.05, 3.63) is 75.1 Å². The van der Waals surface area contributed by atoms with Gasteiger partial charge in [-0.15, -0.1) is 0 Å². The lowest BCUT2D eigenvalue weighted by molar-refractivity contribution is -0.384. The van der Waals surface area contributed by atoms with Crippen LogP contribution >= 0.6 is 0 Å². The zero-order valence-electron chi connectivity index (χ0n) is 12.7. The number of hydrogen-bond donors (Lipinski definition) is 0. The minimum Gasteiger partial charge on any atom is -0.306 e. The molecule has 0 aliphatic heterocycles. The van der Waals surface area contributed by atoms with Crippen LogP contribution in [0.5, 0.6) is 0 Å². The van der Waals surface area contributed by atoms with Crippen LogP contribution in [-0.2, 0) is 6.54 Å². The fraction of sp³-hybridized carbons (Fsp3) is 0.125. The van der Waals surface area contributed by atoms with Crippen LogP contribution in [0.2, 0.25) is 0 Å². The molecule has 3 rings (SSSR count). The smallest absolute Gasteiger partial charge is 0.306 e. The van der Waals surface area contributed by atoms with Gasteiger partial charge in [-0.2, -0.15) is 5.10 Å². The van der Waals surface area contributed by atoms with Crippen molar-refractivity contribution in [1.29, 1.82) is 0 Å². The standard InChI is InChI=1S/C16H13FN4O3/c1-2-19-15(22)8-7-14(20-10-13(9-18-20)21(23)24)16(19)11-3-5-12(17)6-4-11/h3-10H,2H2,1H3. The summed E-state index contributed by atoms with van der Waals surface area (Å²) < 4.78 is 16.1. The third-order valence-electron chi connectivity index (χ3n) is 3.62. The van der Waals surface area contributed by atoms with E-state index in [4.69, 9.17) is 0 Å². The van der Waals surface area contributed by atoms with E-state index >= 15 is 0 Å². The summed E-state index contributed by atoms with van der Waals surface area (Å²) >= 11 is 0. The zero-order chi connectivity index (χ0) is 17.3. The molecule has 7 nitrogen and oxygen atoms in total. The molecule has 0 amide bonds. The van der Waals surface area contributed by atoms with Gasteiger partial charge < -0.3 is 4.57 Å². The van der Waals surface area contributed by atoms with Crippen LogP contribution in [-0.4, -0.2) is 19.3 Å². The van der Waals surface area contributed by atoms with Crippen LogP contribution in [0.3, 0.4) is 0 Å². The number of nitrogens with zero attached hydrogens (tertiary/aromatic N) is 4. The van der Waals surface area contributed by atoms with Crippen LogP contribution in [0, 0.1) is 15.9 Å². The van der Waals surface area contributed by atoms with Crippen LogP contribution in [0.25, 0.3) is 16.9 Å². The minimum absolute atomic E-state index is 0.158. The molecule has 0 fully saturated rings. The maximum Gasteiger partial charge on any atom is 0.307 e. The molecule has 0 N–H and O–H groups in total. The van der Waals surface area contributed by atoms with E-state index in [9.17, 15) is 19.3 Å². The van der Waals surface area contributed by atoms with Crippen molar-refractivity contribution in [3.8, 4) is 16.9 Å². The van der Waals surface area contributed by atoms with Crippen LogP contribution in [0.15, 0.2) is 53.6 Å². The van der Waals surface area contributed by atoms with Gasteiger partial charge in [0.2, 0.25) is 0 Å². The fourth-order valence-electron chi connectivity index (χ4n) is 2.52. The highest BCUT2D eigenvalue weighted by Gasteiger charge is 2.17.